The molecule has 8 heteroatoms. The first-order chi connectivity index (χ1) is 21.0. The van der Waals surface area contributed by atoms with Crippen LogP contribution in [0, 0.1) is 5.82 Å². The van der Waals surface area contributed by atoms with E-state index in [1.165, 1.54) is 12.0 Å². The largest absolute Gasteiger partial charge is 0.461 e. The van der Waals surface area contributed by atoms with Gasteiger partial charge in [-0.1, -0.05) is 49.4 Å². The van der Waals surface area contributed by atoms with Gasteiger partial charge in [0.1, 0.15) is 24.1 Å². The van der Waals surface area contributed by atoms with E-state index in [-0.39, 0.29) is 22.9 Å². The van der Waals surface area contributed by atoms with E-state index in [1.807, 2.05) is 24.3 Å². The second kappa shape index (κ2) is 10.7. The molecule has 224 valence electrons. The van der Waals surface area contributed by atoms with E-state index in [9.17, 15) is 4.39 Å². The quantitative estimate of drug-likeness (QED) is 0.282. The molecule has 4 saturated heterocycles. The molecule has 0 radical (unpaired) electrons. The van der Waals surface area contributed by atoms with Crippen LogP contribution in [0.1, 0.15) is 51.0 Å². The summed E-state index contributed by atoms with van der Waals surface area (Å²) in [6.07, 6.45) is 5.77. The molecule has 4 aliphatic rings. The van der Waals surface area contributed by atoms with E-state index in [4.69, 9.17) is 14.7 Å². The van der Waals surface area contributed by atoms with Crippen LogP contribution in [0.25, 0.3) is 32.8 Å². The van der Waals surface area contributed by atoms with Crippen LogP contribution in [0.2, 0.25) is 0 Å². The maximum absolute atomic E-state index is 16.8. The van der Waals surface area contributed by atoms with Crippen LogP contribution in [-0.4, -0.2) is 71.4 Å². The first-order valence-corrected chi connectivity index (χ1v) is 16.1. The molecule has 5 heterocycles. The Morgan fingerprint density at radius 1 is 0.977 bits per heavy atom. The predicted molar refractivity (Wildman–Crippen MR) is 167 cm³/mol. The van der Waals surface area contributed by atoms with Crippen molar-refractivity contribution in [1.82, 2.24) is 20.2 Å². The summed E-state index contributed by atoms with van der Waals surface area (Å²) >= 11 is 0. The number of alkyl halides is 1. The maximum atomic E-state index is 16.8. The summed E-state index contributed by atoms with van der Waals surface area (Å²) in [5, 5.41) is 6.62. The second-order valence-corrected chi connectivity index (χ2v) is 13.1. The molecule has 1 N–H and O–H groups in total. The van der Waals surface area contributed by atoms with E-state index >= 15 is 4.39 Å². The molecule has 4 aromatic rings. The van der Waals surface area contributed by atoms with Gasteiger partial charge in [0.05, 0.1) is 5.54 Å². The molecular formula is C35H39F2N5O. The van der Waals surface area contributed by atoms with Gasteiger partial charge < -0.3 is 15.0 Å². The van der Waals surface area contributed by atoms with E-state index in [0.717, 1.165) is 73.9 Å². The zero-order valence-corrected chi connectivity index (χ0v) is 24.8. The van der Waals surface area contributed by atoms with Gasteiger partial charge in [0.15, 0.2) is 5.82 Å². The lowest BCUT2D eigenvalue weighted by Crippen LogP contribution is -2.43. The lowest BCUT2D eigenvalue weighted by atomic mass is 9.93. The number of hydrogen-bond acceptors (Lipinski definition) is 6. The first kappa shape index (κ1) is 27.2. The van der Waals surface area contributed by atoms with Gasteiger partial charge in [-0.3, -0.25) is 4.90 Å². The van der Waals surface area contributed by atoms with Gasteiger partial charge in [-0.2, -0.15) is 9.97 Å². The highest BCUT2D eigenvalue weighted by atomic mass is 19.1. The third-order valence-electron chi connectivity index (χ3n) is 10.5. The average Bonchev–Trinajstić information content (AvgIpc) is 3.66. The van der Waals surface area contributed by atoms with Crippen LogP contribution in [0.5, 0.6) is 6.01 Å². The lowest BCUT2D eigenvalue weighted by molar-refractivity contribution is 0.107. The standard InChI is InChI=1S/C35H39F2N5O/c1-2-22-6-3-7-23-8-4-9-27(30(22)23)28-12-13-29-32(31(28)37)39-34(43-21-35-15-5-16-42(35)19-24(36)18-35)40-33(29)41-17-14-25-10-11-26(20-41)38-25/h3-4,6-9,12-13,24-26,38H,2,5,10-11,14-21H2,1H3/t24?,25-,26?,35+/m1/s1. The summed E-state index contributed by atoms with van der Waals surface area (Å²) in [6, 6.07) is 17.3. The lowest BCUT2D eigenvalue weighted by Gasteiger charge is -2.31. The number of aromatic nitrogens is 2. The van der Waals surface area contributed by atoms with Crippen molar-refractivity contribution in [1.29, 1.82) is 0 Å². The number of hydrogen-bond donors (Lipinski definition) is 1. The Hall–Kier alpha value is -3.36. The minimum Gasteiger partial charge on any atom is -0.461 e. The second-order valence-electron chi connectivity index (χ2n) is 13.1. The van der Waals surface area contributed by atoms with E-state index in [1.54, 1.807) is 0 Å². The molecule has 0 spiro atoms. The van der Waals surface area contributed by atoms with Crippen molar-refractivity contribution < 1.29 is 13.5 Å². The van der Waals surface area contributed by atoms with Gasteiger partial charge >= 0.3 is 6.01 Å². The SMILES string of the molecule is CCc1cccc2cccc(-c3ccc4c(N5CC[C@H]6CCC(C5)N6)nc(OC[C@@]56CCCN5CC(F)C6)nc4c3F)c12. The van der Waals surface area contributed by atoms with Gasteiger partial charge in [0, 0.05) is 49.1 Å². The van der Waals surface area contributed by atoms with Crippen molar-refractivity contribution in [3.63, 3.8) is 0 Å². The Balaban J connectivity index is 1.25. The highest BCUT2D eigenvalue weighted by Gasteiger charge is 2.49. The number of benzene rings is 3. The van der Waals surface area contributed by atoms with Gasteiger partial charge in [-0.05, 0) is 73.0 Å². The predicted octanol–water partition coefficient (Wildman–Crippen LogP) is 6.44. The Bertz CT molecular complexity index is 1690. The fourth-order valence-electron chi connectivity index (χ4n) is 8.36. The van der Waals surface area contributed by atoms with Gasteiger partial charge in [0.25, 0.3) is 0 Å². The number of nitrogens with one attached hydrogen (secondary N) is 1. The number of anilines is 1. The van der Waals surface area contributed by atoms with Crippen LogP contribution in [0.4, 0.5) is 14.6 Å². The molecule has 1 aromatic heterocycles. The topological polar surface area (TPSA) is 53.5 Å². The number of halogens is 2. The maximum Gasteiger partial charge on any atom is 0.319 e. The summed E-state index contributed by atoms with van der Waals surface area (Å²) in [5.41, 5.74) is 2.54. The van der Waals surface area contributed by atoms with E-state index in [2.05, 4.69) is 46.3 Å². The van der Waals surface area contributed by atoms with Gasteiger partial charge in [-0.15, -0.1) is 0 Å². The van der Waals surface area contributed by atoms with E-state index in [0.29, 0.717) is 42.6 Å². The van der Waals surface area contributed by atoms with Crippen LogP contribution < -0.4 is 15.0 Å². The number of nitrogens with zero attached hydrogens (tertiary/aromatic N) is 4. The third kappa shape index (κ3) is 4.65. The summed E-state index contributed by atoms with van der Waals surface area (Å²) < 4.78 is 37.7. The zero-order valence-electron chi connectivity index (χ0n) is 24.8. The molecule has 0 saturated carbocycles. The first-order valence-electron chi connectivity index (χ1n) is 16.1. The van der Waals surface area contributed by atoms with Crippen LogP contribution in [0.15, 0.2) is 48.5 Å². The molecule has 4 aliphatic heterocycles. The minimum atomic E-state index is -0.842. The van der Waals surface area contributed by atoms with Crippen molar-refractivity contribution >= 4 is 27.5 Å². The highest BCUT2D eigenvalue weighted by molar-refractivity contribution is 6.02. The van der Waals surface area contributed by atoms with Crippen molar-refractivity contribution in [2.75, 3.05) is 37.7 Å². The molecular weight excluding hydrogens is 544 g/mol. The zero-order chi connectivity index (χ0) is 29.1. The van der Waals surface area contributed by atoms with E-state index < -0.39 is 6.17 Å². The summed E-state index contributed by atoms with van der Waals surface area (Å²) in [5.74, 6) is 0.367. The minimum absolute atomic E-state index is 0.177. The van der Waals surface area contributed by atoms with Crippen LogP contribution in [0.3, 0.4) is 0 Å². The van der Waals surface area contributed by atoms with Gasteiger partial charge in [0.2, 0.25) is 0 Å². The molecule has 43 heavy (non-hydrogen) atoms. The molecule has 0 aliphatic carbocycles. The third-order valence-corrected chi connectivity index (χ3v) is 10.5. The normalized spacial score (nSPS) is 27.2. The van der Waals surface area contributed by atoms with Crippen molar-refractivity contribution in [2.45, 2.75) is 75.7 Å². The Kier molecular flexibility index (Phi) is 6.75. The number of aryl methyl sites for hydroxylation is 1. The fourth-order valence-corrected chi connectivity index (χ4v) is 8.36. The average molecular weight is 584 g/mol. The summed E-state index contributed by atoms with van der Waals surface area (Å²) in [7, 11) is 0. The van der Waals surface area contributed by atoms with Crippen molar-refractivity contribution in [2.24, 2.45) is 0 Å². The van der Waals surface area contributed by atoms with Crippen LogP contribution in [-0.2, 0) is 6.42 Å². The van der Waals surface area contributed by atoms with Gasteiger partial charge in [-0.25, -0.2) is 8.78 Å². The Morgan fingerprint density at radius 3 is 2.72 bits per heavy atom. The highest BCUT2D eigenvalue weighted by Crippen LogP contribution is 2.41. The Labute approximate surface area is 251 Å². The number of ether oxygens (including phenoxy) is 1. The molecule has 4 fully saturated rings. The molecule has 2 bridgehead atoms. The molecule has 2 unspecified atom stereocenters. The fraction of sp³-hybridized carbons (Fsp3) is 0.486. The number of rotatable bonds is 6. The van der Waals surface area contributed by atoms with Crippen LogP contribution >= 0.6 is 0 Å². The monoisotopic (exact) mass is 583 g/mol. The molecule has 0 amide bonds. The summed E-state index contributed by atoms with van der Waals surface area (Å²) in [4.78, 5) is 14.2. The summed E-state index contributed by atoms with van der Waals surface area (Å²) in [6.45, 7) is 5.45. The molecule has 4 atom stereocenters. The number of fused-ring (bicyclic) bond motifs is 5. The molecule has 6 nitrogen and oxygen atoms in total. The van der Waals surface area contributed by atoms with Crippen molar-refractivity contribution in [3.05, 3.63) is 59.9 Å². The van der Waals surface area contributed by atoms with Crippen molar-refractivity contribution in [3.8, 4) is 17.1 Å². The smallest absolute Gasteiger partial charge is 0.319 e. The Morgan fingerprint density at radius 2 is 1.84 bits per heavy atom. The molecule has 8 rings (SSSR count). The molecule has 3 aromatic carbocycles.